The van der Waals surface area contributed by atoms with Crippen LogP contribution in [0.5, 0.6) is 0 Å². The summed E-state index contributed by atoms with van der Waals surface area (Å²) in [6, 6.07) is 7.94. The molecule has 19 heavy (non-hydrogen) atoms. The first-order valence-corrected chi connectivity index (χ1v) is 6.70. The number of benzene rings is 1. The van der Waals surface area contributed by atoms with E-state index in [2.05, 4.69) is 26.2 Å². The van der Waals surface area contributed by atoms with Gasteiger partial charge in [0.15, 0.2) is 0 Å². The molecule has 0 atom stereocenters. The zero-order chi connectivity index (χ0) is 14.0. The summed E-state index contributed by atoms with van der Waals surface area (Å²) >= 11 is 14.9. The van der Waals surface area contributed by atoms with Gasteiger partial charge in [0.05, 0.1) is 5.69 Å². The molecular formula is C12H8BrCl2N3O. The predicted molar refractivity (Wildman–Crippen MR) is 80.8 cm³/mol. The Morgan fingerprint density at radius 1 is 1.26 bits per heavy atom. The van der Waals surface area contributed by atoms with Gasteiger partial charge in [-0.25, -0.2) is 4.98 Å². The molecule has 1 aromatic heterocycles. The number of rotatable bonds is 2. The molecule has 98 valence electrons. The Hall–Kier alpha value is -1.30. The molecule has 0 aliphatic carbocycles. The SMILES string of the molecule is Nc1cc(C(=O)Nc2ccc(Cl)cc2Br)cc(Cl)n1. The molecule has 1 aromatic carbocycles. The van der Waals surface area contributed by atoms with E-state index in [1.807, 2.05) is 0 Å². The number of nitrogens with one attached hydrogen (secondary N) is 1. The van der Waals surface area contributed by atoms with Gasteiger partial charge in [0, 0.05) is 15.1 Å². The van der Waals surface area contributed by atoms with E-state index in [4.69, 9.17) is 28.9 Å². The third-order valence-corrected chi connectivity index (χ3v) is 3.34. The third kappa shape index (κ3) is 3.59. The van der Waals surface area contributed by atoms with Gasteiger partial charge >= 0.3 is 0 Å². The summed E-state index contributed by atoms with van der Waals surface area (Å²) in [6.45, 7) is 0. The Kier molecular flexibility index (Phi) is 4.29. The van der Waals surface area contributed by atoms with Crippen molar-refractivity contribution in [3.05, 3.63) is 50.5 Å². The fourth-order valence-electron chi connectivity index (χ4n) is 1.43. The first-order valence-electron chi connectivity index (χ1n) is 5.15. The van der Waals surface area contributed by atoms with E-state index in [0.29, 0.717) is 20.7 Å². The lowest BCUT2D eigenvalue weighted by Crippen LogP contribution is -2.13. The number of nitrogen functional groups attached to an aromatic ring is 1. The molecule has 1 amide bonds. The molecule has 7 heteroatoms. The first kappa shape index (κ1) is 14.1. The highest BCUT2D eigenvalue weighted by molar-refractivity contribution is 9.10. The van der Waals surface area contributed by atoms with Gasteiger partial charge in [0.25, 0.3) is 5.91 Å². The van der Waals surface area contributed by atoms with Crippen molar-refractivity contribution in [2.45, 2.75) is 0 Å². The predicted octanol–water partition coefficient (Wildman–Crippen LogP) is 3.99. The summed E-state index contributed by atoms with van der Waals surface area (Å²) in [4.78, 5) is 15.8. The van der Waals surface area contributed by atoms with Crippen LogP contribution < -0.4 is 11.1 Å². The second-order valence-electron chi connectivity index (χ2n) is 3.68. The highest BCUT2D eigenvalue weighted by atomic mass is 79.9. The zero-order valence-corrected chi connectivity index (χ0v) is 12.6. The maximum Gasteiger partial charge on any atom is 0.255 e. The standard InChI is InChI=1S/C12H8BrCl2N3O/c13-8-5-7(14)1-2-9(8)17-12(19)6-3-10(15)18-11(16)4-6/h1-5H,(H2,16,18)(H,17,19). The molecule has 0 aliphatic heterocycles. The number of carbonyl (C=O) groups is 1. The highest BCUT2D eigenvalue weighted by Gasteiger charge is 2.10. The molecule has 0 spiro atoms. The van der Waals surface area contributed by atoms with Crippen LogP contribution in [-0.2, 0) is 0 Å². The van der Waals surface area contributed by atoms with Crippen LogP contribution in [-0.4, -0.2) is 10.9 Å². The number of hydrogen-bond acceptors (Lipinski definition) is 3. The van der Waals surface area contributed by atoms with Crippen molar-refractivity contribution in [2.24, 2.45) is 0 Å². The van der Waals surface area contributed by atoms with Gasteiger partial charge in [0.1, 0.15) is 11.0 Å². The summed E-state index contributed by atoms with van der Waals surface area (Å²) in [5.41, 5.74) is 6.47. The van der Waals surface area contributed by atoms with Crippen molar-refractivity contribution < 1.29 is 4.79 Å². The van der Waals surface area contributed by atoms with Crippen LogP contribution in [0.4, 0.5) is 11.5 Å². The minimum Gasteiger partial charge on any atom is -0.384 e. The van der Waals surface area contributed by atoms with Gasteiger partial charge in [-0.2, -0.15) is 0 Å². The smallest absolute Gasteiger partial charge is 0.255 e. The van der Waals surface area contributed by atoms with Crippen LogP contribution in [0.3, 0.4) is 0 Å². The molecule has 0 bridgehead atoms. The minimum absolute atomic E-state index is 0.167. The molecule has 4 nitrogen and oxygen atoms in total. The number of aromatic nitrogens is 1. The topological polar surface area (TPSA) is 68.0 Å². The van der Waals surface area contributed by atoms with Crippen LogP contribution in [0.15, 0.2) is 34.8 Å². The minimum atomic E-state index is -0.334. The second-order valence-corrected chi connectivity index (χ2v) is 5.36. The molecule has 0 fully saturated rings. The van der Waals surface area contributed by atoms with E-state index in [-0.39, 0.29) is 16.9 Å². The zero-order valence-electron chi connectivity index (χ0n) is 9.45. The van der Waals surface area contributed by atoms with Crippen molar-refractivity contribution in [1.82, 2.24) is 4.98 Å². The number of hydrogen-bond donors (Lipinski definition) is 2. The van der Waals surface area contributed by atoms with Gasteiger partial charge in [0.2, 0.25) is 0 Å². The average Bonchev–Trinajstić information content (AvgIpc) is 2.31. The van der Waals surface area contributed by atoms with E-state index in [9.17, 15) is 4.79 Å². The highest BCUT2D eigenvalue weighted by Crippen LogP contribution is 2.26. The molecule has 2 aromatic rings. The Labute approximate surface area is 128 Å². The monoisotopic (exact) mass is 359 g/mol. The molecule has 1 heterocycles. The number of nitrogens with zero attached hydrogens (tertiary/aromatic N) is 1. The maximum atomic E-state index is 12.0. The summed E-state index contributed by atoms with van der Waals surface area (Å²) in [6.07, 6.45) is 0. The number of carbonyl (C=O) groups excluding carboxylic acids is 1. The van der Waals surface area contributed by atoms with Crippen molar-refractivity contribution in [2.75, 3.05) is 11.1 Å². The second kappa shape index (κ2) is 5.77. The molecule has 2 rings (SSSR count). The van der Waals surface area contributed by atoms with E-state index in [1.54, 1.807) is 18.2 Å². The van der Waals surface area contributed by atoms with E-state index < -0.39 is 0 Å². The number of halogens is 3. The lowest BCUT2D eigenvalue weighted by molar-refractivity contribution is 0.102. The molecule has 0 saturated carbocycles. The first-order chi connectivity index (χ1) is 8.95. The van der Waals surface area contributed by atoms with Gasteiger partial charge in [-0.3, -0.25) is 4.79 Å². The fraction of sp³-hybridized carbons (Fsp3) is 0. The number of pyridine rings is 1. The van der Waals surface area contributed by atoms with E-state index in [0.717, 1.165) is 0 Å². The summed E-state index contributed by atoms with van der Waals surface area (Å²) < 4.78 is 0.682. The lowest BCUT2D eigenvalue weighted by Gasteiger charge is -2.08. The molecule has 0 aliphatic rings. The average molecular weight is 361 g/mol. The van der Waals surface area contributed by atoms with Crippen LogP contribution in [0.25, 0.3) is 0 Å². The maximum absolute atomic E-state index is 12.0. The summed E-state index contributed by atoms with van der Waals surface area (Å²) in [7, 11) is 0. The van der Waals surface area contributed by atoms with Gasteiger partial charge in [-0.05, 0) is 46.3 Å². The van der Waals surface area contributed by atoms with Gasteiger partial charge in [-0.1, -0.05) is 23.2 Å². The Morgan fingerprint density at radius 2 is 2.00 bits per heavy atom. The largest absolute Gasteiger partial charge is 0.384 e. The Morgan fingerprint density at radius 3 is 2.63 bits per heavy atom. The Bertz CT molecular complexity index is 629. The molecule has 3 N–H and O–H groups in total. The molecule has 0 radical (unpaired) electrons. The molecule has 0 saturated heterocycles. The molecular weight excluding hydrogens is 353 g/mol. The fourth-order valence-corrected chi connectivity index (χ4v) is 2.43. The van der Waals surface area contributed by atoms with Crippen LogP contribution in [0, 0.1) is 0 Å². The van der Waals surface area contributed by atoms with Gasteiger partial charge in [-0.15, -0.1) is 0 Å². The van der Waals surface area contributed by atoms with Crippen molar-refractivity contribution >= 4 is 56.5 Å². The summed E-state index contributed by atoms with van der Waals surface area (Å²) in [5.74, 6) is -0.146. The Balaban J connectivity index is 2.25. The normalized spacial score (nSPS) is 10.3. The van der Waals surface area contributed by atoms with Crippen LogP contribution >= 0.6 is 39.1 Å². The lowest BCUT2D eigenvalue weighted by atomic mass is 10.2. The quantitative estimate of drug-likeness (QED) is 0.795. The van der Waals surface area contributed by atoms with Crippen molar-refractivity contribution in [1.29, 1.82) is 0 Å². The van der Waals surface area contributed by atoms with Crippen LogP contribution in [0.1, 0.15) is 10.4 Å². The number of anilines is 2. The van der Waals surface area contributed by atoms with Crippen molar-refractivity contribution in [3.8, 4) is 0 Å². The number of nitrogens with two attached hydrogens (primary N) is 1. The molecule has 0 unspecified atom stereocenters. The van der Waals surface area contributed by atoms with Crippen molar-refractivity contribution in [3.63, 3.8) is 0 Å². The third-order valence-electron chi connectivity index (χ3n) is 2.26. The van der Waals surface area contributed by atoms with E-state index >= 15 is 0 Å². The number of amides is 1. The summed E-state index contributed by atoms with van der Waals surface area (Å²) in [5, 5.41) is 3.46. The van der Waals surface area contributed by atoms with E-state index in [1.165, 1.54) is 12.1 Å². The van der Waals surface area contributed by atoms with Gasteiger partial charge < -0.3 is 11.1 Å². The van der Waals surface area contributed by atoms with Crippen LogP contribution in [0.2, 0.25) is 10.2 Å².